The number of anilines is 2. The van der Waals surface area contributed by atoms with E-state index in [0.29, 0.717) is 37.4 Å². The van der Waals surface area contributed by atoms with Gasteiger partial charge >= 0.3 is 6.18 Å². The summed E-state index contributed by atoms with van der Waals surface area (Å²) in [5, 5.41) is 2.69. The Labute approximate surface area is 147 Å². The maximum Gasteiger partial charge on any atom is 0.417 e. The Hall–Kier alpha value is -2.64. The number of hydrogen-bond donors (Lipinski definition) is 1. The molecule has 1 N–H and O–H groups in total. The summed E-state index contributed by atoms with van der Waals surface area (Å²) < 4.78 is 50.9. The van der Waals surface area contributed by atoms with Crippen molar-refractivity contribution in [2.75, 3.05) is 23.3 Å². The number of piperidine rings is 1. The average Bonchev–Trinajstić information content (AvgIpc) is 2.61. The number of rotatable bonds is 3. The number of carbonyl (C=O) groups excluding carboxylic acids is 1. The van der Waals surface area contributed by atoms with Crippen molar-refractivity contribution in [2.45, 2.75) is 19.0 Å². The second-order valence-electron chi connectivity index (χ2n) is 6.16. The Kier molecular flexibility index (Phi) is 5.11. The van der Waals surface area contributed by atoms with Crippen LogP contribution in [0, 0.1) is 11.7 Å². The summed E-state index contributed by atoms with van der Waals surface area (Å²) >= 11 is 0. The summed E-state index contributed by atoms with van der Waals surface area (Å²) in [4.78, 5) is 18.0. The van der Waals surface area contributed by atoms with Crippen LogP contribution >= 0.6 is 0 Å². The van der Waals surface area contributed by atoms with Gasteiger partial charge in [0.25, 0.3) is 0 Å². The molecule has 1 aromatic heterocycles. The first kappa shape index (κ1) is 18.2. The molecule has 138 valence electrons. The number of pyridine rings is 1. The first-order valence-electron chi connectivity index (χ1n) is 8.17. The Balaban J connectivity index is 1.56. The predicted molar refractivity (Wildman–Crippen MR) is 89.2 cm³/mol. The Morgan fingerprint density at radius 1 is 1.15 bits per heavy atom. The van der Waals surface area contributed by atoms with E-state index < -0.39 is 17.6 Å². The van der Waals surface area contributed by atoms with E-state index in [1.807, 2.05) is 4.90 Å². The zero-order chi connectivity index (χ0) is 18.7. The number of alkyl halides is 3. The third-order valence-corrected chi connectivity index (χ3v) is 4.36. The second kappa shape index (κ2) is 7.31. The van der Waals surface area contributed by atoms with Crippen LogP contribution in [0.1, 0.15) is 18.4 Å². The van der Waals surface area contributed by atoms with Gasteiger partial charge in [-0.25, -0.2) is 9.37 Å². The molecule has 1 aliphatic rings. The molecule has 2 aromatic rings. The molecule has 0 bridgehead atoms. The number of nitrogens with one attached hydrogen (secondary N) is 1. The highest BCUT2D eigenvalue weighted by Gasteiger charge is 2.31. The lowest BCUT2D eigenvalue weighted by molar-refractivity contribution is -0.137. The molecule has 4 nitrogen and oxygen atoms in total. The van der Waals surface area contributed by atoms with Crippen molar-refractivity contribution in [1.29, 1.82) is 0 Å². The van der Waals surface area contributed by atoms with Crippen molar-refractivity contribution in [3.63, 3.8) is 0 Å². The first-order chi connectivity index (χ1) is 12.3. The smallest absolute Gasteiger partial charge is 0.357 e. The van der Waals surface area contributed by atoms with Gasteiger partial charge in [-0.1, -0.05) is 6.07 Å². The van der Waals surface area contributed by atoms with Gasteiger partial charge in [0, 0.05) is 30.9 Å². The van der Waals surface area contributed by atoms with Crippen molar-refractivity contribution >= 4 is 17.4 Å². The summed E-state index contributed by atoms with van der Waals surface area (Å²) in [6.07, 6.45) is -2.50. The van der Waals surface area contributed by atoms with Gasteiger partial charge in [0.2, 0.25) is 5.91 Å². The van der Waals surface area contributed by atoms with Crippen LogP contribution in [-0.4, -0.2) is 24.0 Å². The fourth-order valence-corrected chi connectivity index (χ4v) is 2.92. The van der Waals surface area contributed by atoms with Gasteiger partial charge in [-0.2, -0.15) is 13.2 Å². The molecule has 0 aliphatic carbocycles. The molecule has 0 radical (unpaired) electrons. The van der Waals surface area contributed by atoms with E-state index in [0.717, 1.165) is 12.3 Å². The Morgan fingerprint density at radius 3 is 2.46 bits per heavy atom. The maximum absolute atomic E-state index is 13.2. The molecule has 3 rings (SSSR count). The molecule has 2 heterocycles. The van der Waals surface area contributed by atoms with E-state index in [9.17, 15) is 22.4 Å². The summed E-state index contributed by atoms with van der Waals surface area (Å²) in [6.45, 7) is 1.03. The van der Waals surface area contributed by atoms with Crippen LogP contribution < -0.4 is 10.2 Å². The zero-order valence-electron chi connectivity index (χ0n) is 13.8. The molecule has 1 fully saturated rings. The van der Waals surface area contributed by atoms with Gasteiger partial charge in [0.15, 0.2) is 0 Å². The van der Waals surface area contributed by atoms with Crippen LogP contribution in [-0.2, 0) is 11.0 Å². The van der Waals surface area contributed by atoms with E-state index in [1.165, 1.54) is 24.3 Å². The van der Waals surface area contributed by atoms with Crippen molar-refractivity contribution in [2.24, 2.45) is 5.92 Å². The van der Waals surface area contributed by atoms with Crippen LogP contribution in [0.5, 0.6) is 0 Å². The Bertz CT molecular complexity index is 769. The van der Waals surface area contributed by atoms with Crippen LogP contribution in [0.2, 0.25) is 0 Å². The number of aromatic nitrogens is 1. The minimum atomic E-state index is -4.41. The molecular weight excluding hydrogens is 350 g/mol. The van der Waals surface area contributed by atoms with Crippen LogP contribution in [0.3, 0.4) is 0 Å². The monoisotopic (exact) mass is 367 g/mol. The summed E-state index contributed by atoms with van der Waals surface area (Å²) in [7, 11) is 0. The largest absolute Gasteiger partial charge is 0.417 e. The fraction of sp³-hybridized carbons (Fsp3) is 0.333. The standard InChI is InChI=1S/C18H17F4N3O/c19-14-2-1-3-15(10-14)24-17(26)12-6-8-25(9-7-12)16-5-4-13(11-23-16)18(20,21)22/h1-5,10-12H,6-9H2,(H,24,26). The number of nitrogens with zero attached hydrogens (tertiary/aromatic N) is 2. The molecule has 1 saturated heterocycles. The molecular formula is C18H17F4N3O. The van der Waals surface area contributed by atoms with Crippen molar-refractivity contribution in [3.05, 3.63) is 54.0 Å². The Morgan fingerprint density at radius 2 is 1.88 bits per heavy atom. The number of amides is 1. The van der Waals surface area contributed by atoms with Crippen molar-refractivity contribution < 1.29 is 22.4 Å². The van der Waals surface area contributed by atoms with Gasteiger partial charge in [-0.15, -0.1) is 0 Å². The van der Waals surface area contributed by atoms with E-state index in [2.05, 4.69) is 10.3 Å². The molecule has 0 unspecified atom stereocenters. The lowest BCUT2D eigenvalue weighted by Crippen LogP contribution is -2.38. The predicted octanol–water partition coefficient (Wildman–Crippen LogP) is 4.09. The van der Waals surface area contributed by atoms with E-state index >= 15 is 0 Å². The summed E-state index contributed by atoms with van der Waals surface area (Å²) in [5.74, 6) is -0.382. The first-order valence-corrected chi connectivity index (χ1v) is 8.17. The van der Waals surface area contributed by atoms with Crippen LogP contribution in [0.15, 0.2) is 42.6 Å². The number of halogens is 4. The topological polar surface area (TPSA) is 45.2 Å². The van der Waals surface area contributed by atoms with Gasteiger partial charge in [-0.05, 0) is 43.2 Å². The molecule has 1 amide bonds. The fourth-order valence-electron chi connectivity index (χ4n) is 2.92. The lowest BCUT2D eigenvalue weighted by Gasteiger charge is -2.32. The minimum Gasteiger partial charge on any atom is -0.357 e. The van der Waals surface area contributed by atoms with E-state index in [1.54, 1.807) is 6.07 Å². The highest BCUT2D eigenvalue weighted by atomic mass is 19.4. The molecule has 0 saturated carbocycles. The van der Waals surface area contributed by atoms with E-state index in [-0.39, 0.29) is 11.8 Å². The van der Waals surface area contributed by atoms with E-state index in [4.69, 9.17) is 0 Å². The van der Waals surface area contributed by atoms with Gasteiger partial charge in [0.05, 0.1) is 5.56 Å². The lowest BCUT2D eigenvalue weighted by atomic mass is 9.95. The van der Waals surface area contributed by atoms with Crippen LogP contribution in [0.25, 0.3) is 0 Å². The summed E-state index contributed by atoms with van der Waals surface area (Å²) in [5.41, 5.74) is -0.382. The molecule has 0 spiro atoms. The van der Waals surface area contributed by atoms with Crippen molar-refractivity contribution in [3.8, 4) is 0 Å². The van der Waals surface area contributed by atoms with Crippen molar-refractivity contribution in [1.82, 2.24) is 4.98 Å². The number of carbonyl (C=O) groups is 1. The number of hydrogen-bond acceptors (Lipinski definition) is 3. The molecule has 0 atom stereocenters. The highest BCUT2D eigenvalue weighted by molar-refractivity contribution is 5.92. The zero-order valence-corrected chi connectivity index (χ0v) is 13.8. The quantitative estimate of drug-likeness (QED) is 0.831. The molecule has 8 heteroatoms. The summed E-state index contributed by atoms with van der Waals surface area (Å²) in [6, 6.07) is 8.03. The molecule has 1 aliphatic heterocycles. The van der Waals surface area contributed by atoms with Gasteiger partial charge < -0.3 is 10.2 Å². The molecule has 1 aromatic carbocycles. The molecule has 26 heavy (non-hydrogen) atoms. The van der Waals surface area contributed by atoms with Crippen LogP contribution in [0.4, 0.5) is 29.1 Å². The van der Waals surface area contributed by atoms with Gasteiger partial charge in [0.1, 0.15) is 11.6 Å². The second-order valence-corrected chi connectivity index (χ2v) is 6.16. The SMILES string of the molecule is O=C(Nc1cccc(F)c1)C1CCN(c2ccc(C(F)(F)F)cn2)CC1. The third kappa shape index (κ3) is 4.30. The normalized spacial score (nSPS) is 15.8. The van der Waals surface area contributed by atoms with Gasteiger partial charge in [-0.3, -0.25) is 4.79 Å². The third-order valence-electron chi connectivity index (χ3n) is 4.36. The maximum atomic E-state index is 13.2. The highest BCUT2D eigenvalue weighted by Crippen LogP contribution is 2.30. The minimum absolute atomic E-state index is 0.185. The number of benzene rings is 1. The average molecular weight is 367 g/mol.